The lowest BCUT2D eigenvalue weighted by Crippen LogP contribution is -2.45. The summed E-state index contributed by atoms with van der Waals surface area (Å²) >= 11 is 11.7. The number of halogens is 1. The van der Waals surface area contributed by atoms with Crippen LogP contribution in [0.5, 0.6) is 0 Å². The highest BCUT2D eigenvalue weighted by atomic mass is 35.5. The molecule has 0 saturated carbocycles. The topological polar surface area (TPSA) is 58.2 Å². The molecule has 4 aromatic rings. The SMILES string of the molecule is S=C(NCC1(c2ccc(Cl)cc2)CCOCC1)Nc1ccc(Nc2ccc3ccccc3c2)nc1. The summed E-state index contributed by atoms with van der Waals surface area (Å²) < 4.78 is 5.63. The van der Waals surface area contributed by atoms with E-state index in [0.717, 1.165) is 54.8 Å². The van der Waals surface area contributed by atoms with Crippen LogP contribution in [0.25, 0.3) is 10.8 Å². The van der Waals surface area contributed by atoms with E-state index in [4.69, 9.17) is 28.6 Å². The molecule has 1 saturated heterocycles. The molecule has 35 heavy (non-hydrogen) atoms. The van der Waals surface area contributed by atoms with Gasteiger partial charge in [-0.1, -0.05) is 54.1 Å². The third-order valence-corrected chi connectivity index (χ3v) is 7.04. The van der Waals surface area contributed by atoms with E-state index in [9.17, 15) is 0 Å². The van der Waals surface area contributed by atoms with Crippen molar-refractivity contribution >= 4 is 56.9 Å². The first-order valence-electron chi connectivity index (χ1n) is 11.7. The molecule has 3 N–H and O–H groups in total. The third kappa shape index (κ3) is 5.73. The van der Waals surface area contributed by atoms with Gasteiger partial charge >= 0.3 is 0 Å². The Hall–Kier alpha value is -3.19. The molecular formula is C28H27ClN4OS. The second-order valence-corrected chi connectivity index (χ2v) is 9.67. The predicted molar refractivity (Wildman–Crippen MR) is 149 cm³/mol. The van der Waals surface area contributed by atoms with E-state index in [1.807, 2.05) is 36.4 Å². The minimum absolute atomic E-state index is 0.0412. The number of rotatable bonds is 6. The van der Waals surface area contributed by atoms with Crippen LogP contribution in [-0.4, -0.2) is 29.9 Å². The van der Waals surface area contributed by atoms with E-state index in [0.29, 0.717) is 5.11 Å². The molecule has 0 amide bonds. The Bertz CT molecular complexity index is 1300. The van der Waals surface area contributed by atoms with Crippen LogP contribution in [0.15, 0.2) is 85.1 Å². The molecule has 2 heterocycles. The fourth-order valence-corrected chi connectivity index (χ4v) is 4.83. The second-order valence-electron chi connectivity index (χ2n) is 8.83. The second kappa shape index (κ2) is 10.6. The number of hydrogen-bond acceptors (Lipinski definition) is 4. The molecule has 1 aliphatic rings. The molecule has 178 valence electrons. The van der Waals surface area contributed by atoms with Gasteiger partial charge in [0.1, 0.15) is 5.82 Å². The summed E-state index contributed by atoms with van der Waals surface area (Å²) in [7, 11) is 0. The van der Waals surface area contributed by atoms with Crippen molar-refractivity contribution in [2.24, 2.45) is 0 Å². The van der Waals surface area contributed by atoms with Crippen LogP contribution in [0.1, 0.15) is 18.4 Å². The Morgan fingerprint density at radius 2 is 1.66 bits per heavy atom. The molecule has 0 spiro atoms. The summed E-state index contributed by atoms with van der Waals surface area (Å²) in [6.07, 6.45) is 3.64. The maximum atomic E-state index is 6.11. The molecule has 3 aromatic carbocycles. The summed E-state index contributed by atoms with van der Waals surface area (Å²) in [4.78, 5) is 4.54. The predicted octanol–water partition coefficient (Wildman–Crippen LogP) is 6.67. The van der Waals surface area contributed by atoms with Crippen LogP contribution in [0, 0.1) is 0 Å². The Balaban J connectivity index is 1.19. The molecule has 0 radical (unpaired) electrons. The zero-order valence-electron chi connectivity index (χ0n) is 19.3. The number of anilines is 3. The summed E-state index contributed by atoms with van der Waals surface area (Å²) in [6, 6.07) is 26.6. The lowest BCUT2D eigenvalue weighted by Gasteiger charge is -2.38. The largest absolute Gasteiger partial charge is 0.381 e. The smallest absolute Gasteiger partial charge is 0.170 e. The number of aromatic nitrogens is 1. The number of nitrogens with one attached hydrogen (secondary N) is 3. The molecule has 0 aliphatic carbocycles. The Morgan fingerprint density at radius 3 is 2.40 bits per heavy atom. The molecule has 0 bridgehead atoms. The first-order valence-corrected chi connectivity index (χ1v) is 12.5. The number of ether oxygens (including phenoxy) is 1. The minimum atomic E-state index is -0.0412. The van der Waals surface area contributed by atoms with Crippen LogP contribution in [0.3, 0.4) is 0 Å². The summed E-state index contributed by atoms with van der Waals surface area (Å²) in [5.74, 6) is 0.772. The van der Waals surface area contributed by atoms with E-state index in [1.165, 1.54) is 16.3 Å². The number of nitrogens with zero attached hydrogens (tertiary/aromatic N) is 1. The van der Waals surface area contributed by atoms with Gasteiger partial charge in [0.15, 0.2) is 5.11 Å². The van der Waals surface area contributed by atoms with E-state index in [-0.39, 0.29) is 5.41 Å². The molecule has 5 rings (SSSR count). The standard InChI is InChI=1S/C28H27ClN4OS/c29-23-8-6-22(7-9-23)28(13-15-34-16-14-28)19-31-27(35)33-25-11-12-26(30-18-25)32-24-10-5-20-3-1-2-4-21(20)17-24/h1-12,17-18H,13-16,19H2,(H,30,32)(H2,31,33,35). The van der Waals surface area contributed by atoms with Gasteiger partial charge in [0.2, 0.25) is 0 Å². The molecule has 1 aromatic heterocycles. The van der Waals surface area contributed by atoms with Crippen LogP contribution in [0.4, 0.5) is 17.2 Å². The average Bonchev–Trinajstić information content (AvgIpc) is 2.89. The Morgan fingerprint density at radius 1 is 0.914 bits per heavy atom. The number of thiocarbonyl (C=S) groups is 1. The van der Waals surface area contributed by atoms with E-state index >= 15 is 0 Å². The highest BCUT2D eigenvalue weighted by Gasteiger charge is 2.34. The van der Waals surface area contributed by atoms with Crippen molar-refractivity contribution in [3.63, 3.8) is 0 Å². The average molecular weight is 503 g/mol. The van der Waals surface area contributed by atoms with Crippen molar-refractivity contribution in [2.45, 2.75) is 18.3 Å². The fraction of sp³-hybridized carbons (Fsp3) is 0.214. The van der Waals surface area contributed by atoms with Gasteiger partial charge in [-0.05, 0) is 77.8 Å². The van der Waals surface area contributed by atoms with Gasteiger partial charge in [-0.25, -0.2) is 4.98 Å². The third-order valence-electron chi connectivity index (χ3n) is 6.54. The number of pyridine rings is 1. The fourth-order valence-electron chi connectivity index (χ4n) is 4.51. The maximum absolute atomic E-state index is 6.11. The van der Waals surface area contributed by atoms with Crippen LogP contribution < -0.4 is 16.0 Å². The highest BCUT2D eigenvalue weighted by molar-refractivity contribution is 7.80. The van der Waals surface area contributed by atoms with Gasteiger partial charge < -0.3 is 20.7 Å². The normalized spacial score (nSPS) is 14.9. The van der Waals surface area contributed by atoms with Gasteiger partial charge in [0, 0.05) is 35.9 Å². The zero-order chi connectivity index (χ0) is 24.1. The van der Waals surface area contributed by atoms with E-state index < -0.39 is 0 Å². The molecule has 0 unspecified atom stereocenters. The molecule has 0 atom stereocenters. The van der Waals surface area contributed by atoms with E-state index in [2.05, 4.69) is 63.4 Å². The Kier molecular flexibility index (Phi) is 7.13. The van der Waals surface area contributed by atoms with Crippen LogP contribution >= 0.6 is 23.8 Å². The van der Waals surface area contributed by atoms with Crippen molar-refractivity contribution in [1.29, 1.82) is 0 Å². The van der Waals surface area contributed by atoms with Gasteiger partial charge in [-0.15, -0.1) is 0 Å². The summed E-state index contributed by atoms with van der Waals surface area (Å²) in [5, 5.41) is 13.7. The lowest BCUT2D eigenvalue weighted by molar-refractivity contribution is 0.0515. The molecule has 1 fully saturated rings. The van der Waals surface area contributed by atoms with Gasteiger partial charge in [-0.3, -0.25) is 0 Å². The summed E-state index contributed by atoms with van der Waals surface area (Å²) in [6.45, 7) is 2.19. The van der Waals surface area contributed by atoms with Crippen molar-refractivity contribution in [1.82, 2.24) is 10.3 Å². The molecular weight excluding hydrogens is 476 g/mol. The molecule has 7 heteroatoms. The first kappa shape index (κ1) is 23.5. The van der Waals surface area contributed by atoms with Crippen molar-refractivity contribution < 1.29 is 4.74 Å². The van der Waals surface area contributed by atoms with Crippen molar-refractivity contribution in [2.75, 3.05) is 30.4 Å². The van der Waals surface area contributed by atoms with Gasteiger partial charge in [-0.2, -0.15) is 0 Å². The van der Waals surface area contributed by atoms with Gasteiger partial charge in [0.25, 0.3) is 0 Å². The number of benzene rings is 3. The van der Waals surface area contributed by atoms with Crippen molar-refractivity contribution in [3.05, 3.63) is 95.6 Å². The van der Waals surface area contributed by atoms with Gasteiger partial charge in [0.05, 0.1) is 11.9 Å². The number of fused-ring (bicyclic) bond motifs is 1. The monoisotopic (exact) mass is 502 g/mol. The first-order chi connectivity index (χ1) is 17.1. The highest BCUT2D eigenvalue weighted by Crippen LogP contribution is 2.35. The number of hydrogen-bond donors (Lipinski definition) is 3. The Labute approximate surface area is 215 Å². The lowest BCUT2D eigenvalue weighted by atomic mass is 9.74. The minimum Gasteiger partial charge on any atom is -0.381 e. The summed E-state index contributed by atoms with van der Waals surface area (Å²) in [5.41, 5.74) is 3.05. The maximum Gasteiger partial charge on any atom is 0.170 e. The van der Waals surface area contributed by atoms with Crippen LogP contribution in [-0.2, 0) is 10.2 Å². The van der Waals surface area contributed by atoms with E-state index in [1.54, 1.807) is 6.20 Å². The molecule has 1 aliphatic heterocycles. The zero-order valence-corrected chi connectivity index (χ0v) is 20.8. The van der Waals surface area contributed by atoms with Crippen molar-refractivity contribution in [3.8, 4) is 0 Å². The quantitative estimate of drug-likeness (QED) is 0.256. The van der Waals surface area contributed by atoms with Crippen LogP contribution in [0.2, 0.25) is 5.02 Å². The molecule has 5 nitrogen and oxygen atoms in total.